The van der Waals surface area contributed by atoms with Gasteiger partial charge in [0.2, 0.25) is 11.7 Å². The Hall–Kier alpha value is -1.76. The molecule has 0 unspecified atom stereocenters. The highest BCUT2D eigenvalue weighted by molar-refractivity contribution is 8.01. The van der Waals surface area contributed by atoms with Crippen molar-refractivity contribution in [2.75, 3.05) is 12.4 Å². The molecule has 1 aromatic rings. The van der Waals surface area contributed by atoms with Crippen molar-refractivity contribution >= 4 is 29.4 Å². The second kappa shape index (κ2) is 6.15. The number of amides is 1. The first-order valence-corrected chi connectivity index (χ1v) is 10.1. The third-order valence-electron chi connectivity index (χ3n) is 5.76. The molecular weight excluding hydrogens is 352 g/mol. The minimum absolute atomic E-state index is 0.00115. The van der Waals surface area contributed by atoms with E-state index in [1.54, 1.807) is 16.7 Å². The summed E-state index contributed by atoms with van der Waals surface area (Å²) < 4.78 is 7.52. The number of nitrogens with zero attached hydrogens (tertiary/aromatic N) is 2. The van der Waals surface area contributed by atoms with Gasteiger partial charge in [0.05, 0.1) is 4.87 Å². The van der Waals surface area contributed by atoms with Crippen molar-refractivity contribution in [2.45, 2.75) is 63.4 Å². The summed E-state index contributed by atoms with van der Waals surface area (Å²) in [5.74, 6) is -0.120. The third kappa shape index (κ3) is 2.76. The van der Waals surface area contributed by atoms with Crippen molar-refractivity contribution < 1.29 is 19.1 Å². The van der Waals surface area contributed by atoms with Crippen LogP contribution in [0.1, 0.15) is 60.4 Å². The Balaban J connectivity index is 1.41. The Morgan fingerprint density at radius 2 is 2.08 bits per heavy atom. The highest BCUT2D eigenvalue weighted by Gasteiger charge is 2.53. The number of carbonyl (C=O) groups is 3. The fourth-order valence-electron chi connectivity index (χ4n) is 4.26. The summed E-state index contributed by atoms with van der Waals surface area (Å²) in [4.78, 5) is 38.5. The Morgan fingerprint density at radius 1 is 1.35 bits per heavy atom. The number of thioether (sulfide) groups is 1. The highest BCUT2D eigenvalue weighted by Crippen LogP contribution is 2.47. The van der Waals surface area contributed by atoms with Crippen molar-refractivity contribution in [2.24, 2.45) is 0 Å². The van der Waals surface area contributed by atoms with E-state index in [9.17, 15) is 14.4 Å². The molecule has 7 heteroatoms. The minimum Gasteiger partial charge on any atom is -0.456 e. The van der Waals surface area contributed by atoms with Crippen LogP contribution in [0.25, 0.3) is 0 Å². The van der Waals surface area contributed by atoms with E-state index in [-0.39, 0.29) is 23.2 Å². The van der Waals surface area contributed by atoms with Crippen molar-refractivity contribution in [1.29, 1.82) is 0 Å². The molecule has 1 saturated carbocycles. The van der Waals surface area contributed by atoms with E-state index >= 15 is 0 Å². The number of aryl methyl sites for hydroxylation is 1. The van der Waals surface area contributed by atoms with Crippen LogP contribution in [-0.4, -0.2) is 50.4 Å². The third-order valence-corrected chi connectivity index (χ3v) is 7.26. The Labute approximate surface area is 157 Å². The maximum absolute atomic E-state index is 12.6. The molecule has 1 amide bonds. The van der Waals surface area contributed by atoms with Crippen LogP contribution >= 0.6 is 11.8 Å². The lowest BCUT2D eigenvalue weighted by atomic mass is 10.1. The zero-order valence-corrected chi connectivity index (χ0v) is 16.2. The van der Waals surface area contributed by atoms with Crippen molar-refractivity contribution in [3.63, 3.8) is 0 Å². The average Bonchev–Trinajstić information content (AvgIpc) is 3.21. The smallest absolute Gasteiger partial charge is 0.330 e. The topological polar surface area (TPSA) is 68.6 Å². The molecule has 0 spiro atoms. The predicted octanol–water partition coefficient (Wildman–Crippen LogP) is 2.62. The van der Waals surface area contributed by atoms with E-state index in [4.69, 9.17) is 4.74 Å². The molecule has 0 bridgehead atoms. The molecule has 26 heavy (non-hydrogen) atoms. The predicted molar refractivity (Wildman–Crippen MR) is 98.2 cm³/mol. The van der Waals surface area contributed by atoms with Crippen LogP contribution in [0.5, 0.6) is 0 Å². The lowest BCUT2D eigenvalue weighted by Gasteiger charge is -2.29. The molecule has 4 rings (SSSR count). The van der Waals surface area contributed by atoms with Gasteiger partial charge in [0, 0.05) is 35.2 Å². The second-order valence-corrected chi connectivity index (χ2v) is 9.18. The van der Waals surface area contributed by atoms with Gasteiger partial charge in [0.1, 0.15) is 6.04 Å². The Bertz CT molecular complexity index is 798. The van der Waals surface area contributed by atoms with Crippen LogP contribution in [0.2, 0.25) is 0 Å². The van der Waals surface area contributed by atoms with Crippen LogP contribution in [0, 0.1) is 13.8 Å². The average molecular weight is 376 g/mol. The maximum atomic E-state index is 12.6. The van der Waals surface area contributed by atoms with Gasteiger partial charge in [-0.3, -0.25) is 9.59 Å². The molecule has 3 fully saturated rings. The summed E-state index contributed by atoms with van der Waals surface area (Å²) in [6, 6.07) is 1.82. The fourth-order valence-corrected chi connectivity index (χ4v) is 5.68. The summed E-state index contributed by atoms with van der Waals surface area (Å²) in [6.07, 6.45) is 3.54. The summed E-state index contributed by atoms with van der Waals surface area (Å²) in [5, 5.41) is 0. The van der Waals surface area contributed by atoms with E-state index in [1.807, 2.05) is 26.8 Å². The van der Waals surface area contributed by atoms with Crippen molar-refractivity contribution in [3.05, 3.63) is 23.0 Å². The number of esters is 1. The molecule has 2 saturated heterocycles. The number of hydrogen-bond donors (Lipinski definition) is 0. The minimum atomic E-state index is -0.577. The summed E-state index contributed by atoms with van der Waals surface area (Å²) in [5.41, 5.74) is 2.65. The van der Waals surface area contributed by atoms with Crippen LogP contribution in [0.3, 0.4) is 0 Å². The zero-order valence-electron chi connectivity index (χ0n) is 15.4. The van der Waals surface area contributed by atoms with Gasteiger partial charge in [-0.15, -0.1) is 11.8 Å². The monoisotopic (exact) mass is 376 g/mol. The van der Waals surface area contributed by atoms with Crippen LogP contribution < -0.4 is 0 Å². The molecular formula is C19H24N2O4S. The SMILES string of the molecule is Cc1cc(C(=O)COC(=O)[C@@H]2CS[C@@]3(C)CCC(=O)N23)c(C)n1C1CC1. The first kappa shape index (κ1) is 17.6. The number of fused-ring (bicyclic) bond motifs is 1. The van der Waals surface area contributed by atoms with Crippen LogP contribution in [0.4, 0.5) is 0 Å². The zero-order chi connectivity index (χ0) is 18.6. The van der Waals surface area contributed by atoms with Gasteiger partial charge < -0.3 is 14.2 Å². The number of ether oxygens (including phenoxy) is 1. The lowest BCUT2D eigenvalue weighted by molar-refractivity contribution is -0.152. The standard InChI is InChI=1S/C19H24N2O4S/c1-11-8-14(12(2)20(11)13-4-5-13)16(22)9-25-18(24)15-10-26-19(3)7-6-17(23)21(15)19/h8,13,15H,4-7,9-10H2,1-3H3/t15-,19-/m0/s1. The van der Waals surface area contributed by atoms with Gasteiger partial charge in [-0.25, -0.2) is 4.79 Å². The molecule has 3 aliphatic rings. The van der Waals surface area contributed by atoms with Crippen molar-refractivity contribution in [1.82, 2.24) is 9.47 Å². The summed E-state index contributed by atoms with van der Waals surface area (Å²) >= 11 is 1.62. The molecule has 6 nitrogen and oxygen atoms in total. The van der Waals surface area contributed by atoms with Crippen LogP contribution in [0.15, 0.2) is 6.07 Å². The fraction of sp³-hybridized carbons (Fsp3) is 0.632. The molecule has 0 N–H and O–H groups in total. The van der Waals surface area contributed by atoms with Gasteiger partial charge in [0.15, 0.2) is 6.61 Å². The molecule has 0 aromatic carbocycles. The van der Waals surface area contributed by atoms with E-state index in [0.717, 1.165) is 30.7 Å². The van der Waals surface area contributed by atoms with Gasteiger partial charge in [-0.2, -0.15) is 0 Å². The van der Waals surface area contributed by atoms with E-state index in [2.05, 4.69) is 4.57 Å². The molecule has 1 aliphatic carbocycles. The maximum Gasteiger partial charge on any atom is 0.330 e. The Kier molecular flexibility index (Phi) is 4.17. The highest BCUT2D eigenvalue weighted by atomic mass is 32.2. The lowest BCUT2D eigenvalue weighted by Crippen LogP contribution is -2.46. The van der Waals surface area contributed by atoms with Crippen LogP contribution in [-0.2, 0) is 14.3 Å². The summed E-state index contributed by atoms with van der Waals surface area (Å²) in [7, 11) is 0. The number of carbonyl (C=O) groups excluding carboxylic acids is 3. The van der Waals surface area contributed by atoms with E-state index in [0.29, 0.717) is 23.8 Å². The number of ketones is 1. The largest absolute Gasteiger partial charge is 0.456 e. The number of rotatable bonds is 5. The Morgan fingerprint density at radius 3 is 2.77 bits per heavy atom. The molecule has 140 valence electrons. The molecule has 3 heterocycles. The summed E-state index contributed by atoms with van der Waals surface area (Å²) in [6.45, 7) is 5.67. The second-order valence-electron chi connectivity index (χ2n) is 7.68. The molecule has 1 aromatic heterocycles. The number of hydrogen-bond acceptors (Lipinski definition) is 5. The molecule has 2 aliphatic heterocycles. The van der Waals surface area contributed by atoms with Gasteiger partial charge in [0.25, 0.3) is 0 Å². The first-order chi connectivity index (χ1) is 12.3. The quantitative estimate of drug-likeness (QED) is 0.584. The molecule has 2 atom stereocenters. The normalized spacial score (nSPS) is 27.7. The molecule has 0 radical (unpaired) electrons. The van der Waals surface area contributed by atoms with E-state index in [1.165, 1.54) is 0 Å². The first-order valence-electron chi connectivity index (χ1n) is 9.16. The van der Waals surface area contributed by atoms with E-state index < -0.39 is 12.0 Å². The van der Waals surface area contributed by atoms with Gasteiger partial charge >= 0.3 is 5.97 Å². The van der Waals surface area contributed by atoms with Gasteiger partial charge in [-0.05, 0) is 46.1 Å². The number of Topliss-reactive ketones (excluding diaryl/α,β-unsaturated/α-hetero) is 1. The van der Waals surface area contributed by atoms with Gasteiger partial charge in [-0.1, -0.05) is 0 Å². The van der Waals surface area contributed by atoms with Crippen molar-refractivity contribution in [3.8, 4) is 0 Å². The number of aromatic nitrogens is 1.